The van der Waals surface area contributed by atoms with Crippen LogP contribution in [0.2, 0.25) is 0 Å². The lowest BCUT2D eigenvalue weighted by atomic mass is 9.82. The Morgan fingerprint density at radius 3 is 2.10 bits per heavy atom. The first-order valence-electron chi connectivity index (χ1n) is 6.69. The molecular weight excluding hydrogens is 248 g/mol. The molecule has 20 heavy (non-hydrogen) atoms. The second kappa shape index (κ2) is 4.64. The summed E-state index contributed by atoms with van der Waals surface area (Å²) in [6.45, 7) is 4.20. The van der Waals surface area contributed by atoms with Gasteiger partial charge in [-0.25, -0.2) is 0 Å². The van der Waals surface area contributed by atoms with Crippen LogP contribution < -0.4 is 0 Å². The fourth-order valence-electron chi connectivity index (χ4n) is 3.02. The molecule has 2 atom stereocenters. The molecule has 2 aromatic carbocycles. The minimum Gasteiger partial charge on any atom is -0.481 e. The summed E-state index contributed by atoms with van der Waals surface area (Å²) in [6.07, 6.45) is 0.625. The van der Waals surface area contributed by atoms with Gasteiger partial charge in [-0.2, -0.15) is 0 Å². The van der Waals surface area contributed by atoms with Crippen molar-refractivity contribution in [2.24, 2.45) is 5.92 Å². The molecule has 0 heterocycles. The summed E-state index contributed by atoms with van der Waals surface area (Å²) in [5.74, 6) is -1.12. The summed E-state index contributed by atoms with van der Waals surface area (Å²) in [7, 11) is 0. The Hall–Kier alpha value is -2.35. The molecule has 2 aromatic rings. The van der Waals surface area contributed by atoms with Crippen LogP contribution in [0.5, 0.6) is 0 Å². The van der Waals surface area contributed by atoms with Crippen LogP contribution in [0.3, 0.4) is 0 Å². The van der Waals surface area contributed by atoms with E-state index in [4.69, 9.17) is 0 Å². The van der Waals surface area contributed by atoms with E-state index in [9.17, 15) is 9.90 Å². The van der Waals surface area contributed by atoms with Gasteiger partial charge in [0.15, 0.2) is 0 Å². The van der Waals surface area contributed by atoms with Crippen molar-refractivity contribution in [2.75, 3.05) is 0 Å². The Morgan fingerprint density at radius 2 is 1.60 bits per heavy atom. The highest BCUT2D eigenvalue weighted by Crippen LogP contribution is 2.61. The van der Waals surface area contributed by atoms with E-state index in [-0.39, 0.29) is 5.92 Å². The maximum Gasteiger partial charge on any atom is 0.307 e. The molecule has 0 amide bonds. The highest BCUT2D eigenvalue weighted by molar-refractivity contribution is 5.88. The van der Waals surface area contributed by atoms with Gasteiger partial charge in [0, 0.05) is 5.41 Å². The summed E-state index contributed by atoms with van der Waals surface area (Å²) in [5.41, 5.74) is 2.51. The molecule has 0 bridgehead atoms. The number of hydrogen-bond donors (Lipinski definition) is 1. The van der Waals surface area contributed by atoms with E-state index in [0.717, 1.165) is 16.7 Å². The van der Waals surface area contributed by atoms with E-state index in [1.54, 1.807) is 0 Å². The van der Waals surface area contributed by atoms with Crippen molar-refractivity contribution in [3.63, 3.8) is 0 Å². The molecule has 100 valence electrons. The van der Waals surface area contributed by atoms with E-state index in [2.05, 4.69) is 6.58 Å². The fourth-order valence-corrected chi connectivity index (χ4v) is 3.02. The molecule has 2 nitrogen and oxygen atoms in total. The van der Waals surface area contributed by atoms with Crippen LogP contribution in [0.15, 0.2) is 67.2 Å². The molecule has 0 radical (unpaired) electrons. The molecule has 3 rings (SSSR count). The van der Waals surface area contributed by atoms with Crippen LogP contribution in [-0.2, 0) is 10.2 Å². The molecule has 0 aromatic heterocycles. The minimum atomic E-state index is -0.745. The predicted octanol–water partition coefficient (Wildman–Crippen LogP) is 3.74. The molecule has 0 spiro atoms. The number of aliphatic carboxylic acids is 1. The van der Waals surface area contributed by atoms with Gasteiger partial charge in [-0.3, -0.25) is 4.79 Å². The smallest absolute Gasteiger partial charge is 0.307 e. The first-order valence-corrected chi connectivity index (χ1v) is 6.69. The van der Waals surface area contributed by atoms with E-state index in [1.807, 2.05) is 60.7 Å². The van der Waals surface area contributed by atoms with Crippen LogP contribution >= 0.6 is 0 Å². The maximum absolute atomic E-state index is 11.4. The van der Waals surface area contributed by atoms with Gasteiger partial charge < -0.3 is 5.11 Å². The standard InChI is InChI=1S/C18H16O2/c1-13(14-8-4-2-5-9-14)18(12-16(18)17(19)20)15-10-6-3-7-11-15/h2-11,16H,1,12H2,(H,19,20)/t16-,18+/m1/s1. The Morgan fingerprint density at radius 1 is 1.05 bits per heavy atom. The lowest BCUT2D eigenvalue weighted by Crippen LogP contribution is -2.16. The average molecular weight is 264 g/mol. The van der Waals surface area contributed by atoms with E-state index in [1.165, 1.54) is 0 Å². The van der Waals surface area contributed by atoms with Gasteiger partial charge in [0.1, 0.15) is 0 Å². The van der Waals surface area contributed by atoms with Crippen LogP contribution in [0.4, 0.5) is 0 Å². The van der Waals surface area contributed by atoms with Gasteiger partial charge in [0.25, 0.3) is 0 Å². The SMILES string of the molecule is C=C(c1ccccc1)[C@]1(c2ccccc2)C[C@@H]1C(=O)O. The molecule has 2 heteroatoms. The zero-order valence-corrected chi connectivity index (χ0v) is 11.1. The number of hydrogen-bond acceptors (Lipinski definition) is 1. The monoisotopic (exact) mass is 264 g/mol. The second-order valence-electron chi connectivity index (χ2n) is 5.28. The number of carbonyl (C=O) groups is 1. The summed E-state index contributed by atoms with van der Waals surface area (Å²) in [5, 5.41) is 9.40. The zero-order chi connectivity index (χ0) is 14.2. The number of allylic oxidation sites excluding steroid dienone is 1. The predicted molar refractivity (Wildman–Crippen MR) is 79.3 cm³/mol. The Balaban J connectivity index is 2.06. The van der Waals surface area contributed by atoms with E-state index in [0.29, 0.717) is 6.42 Å². The highest BCUT2D eigenvalue weighted by Gasteiger charge is 2.61. The Bertz CT molecular complexity index is 646. The molecule has 1 aliphatic rings. The third-order valence-electron chi connectivity index (χ3n) is 4.21. The average Bonchev–Trinajstić information content (AvgIpc) is 3.25. The van der Waals surface area contributed by atoms with Gasteiger partial charge in [-0.05, 0) is 23.1 Å². The van der Waals surface area contributed by atoms with Gasteiger partial charge in [0.05, 0.1) is 5.92 Å². The maximum atomic E-state index is 11.4. The summed E-state index contributed by atoms with van der Waals surface area (Å²) in [4.78, 5) is 11.4. The molecule has 0 saturated heterocycles. The quantitative estimate of drug-likeness (QED) is 0.913. The second-order valence-corrected chi connectivity index (χ2v) is 5.28. The normalized spacial score (nSPS) is 24.1. The van der Waals surface area contributed by atoms with Crippen molar-refractivity contribution in [1.29, 1.82) is 0 Å². The van der Waals surface area contributed by atoms with Crippen molar-refractivity contribution in [3.05, 3.63) is 78.4 Å². The van der Waals surface area contributed by atoms with Gasteiger partial charge in [0.2, 0.25) is 0 Å². The van der Waals surface area contributed by atoms with Crippen molar-refractivity contribution in [2.45, 2.75) is 11.8 Å². The van der Waals surface area contributed by atoms with Crippen LogP contribution in [0.25, 0.3) is 5.57 Å². The third-order valence-corrected chi connectivity index (χ3v) is 4.21. The van der Waals surface area contributed by atoms with Gasteiger partial charge in [-0.15, -0.1) is 0 Å². The number of benzene rings is 2. The molecule has 1 saturated carbocycles. The summed E-state index contributed by atoms with van der Waals surface area (Å²) >= 11 is 0. The summed E-state index contributed by atoms with van der Waals surface area (Å²) in [6, 6.07) is 19.7. The van der Waals surface area contributed by atoms with E-state index >= 15 is 0 Å². The zero-order valence-electron chi connectivity index (χ0n) is 11.1. The topological polar surface area (TPSA) is 37.3 Å². The van der Waals surface area contributed by atoms with Crippen LogP contribution in [0.1, 0.15) is 17.5 Å². The van der Waals surface area contributed by atoms with Crippen LogP contribution in [-0.4, -0.2) is 11.1 Å². The van der Waals surface area contributed by atoms with Crippen LogP contribution in [0, 0.1) is 5.92 Å². The molecule has 0 unspecified atom stereocenters. The molecule has 1 fully saturated rings. The lowest BCUT2D eigenvalue weighted by molar-refractivity contribution is -0.138. The molecule has 1 aliphatic carbocycles. The van der Waals surface area contributed by atoms with E-state index < -0.39 is 11.4 Å². The van der Waals surface area contributed by atoms with Gasteiger partial charge in [-0.1, -0.05) is 67.2 Å². The van der Waals surface area contributed by atoms with Crippen molar-refractivity contribution < 1.29 is 9.90 Å². The van der Waals surface area contributed by atoms with Gasteiger partial charge >= 0.3 is 5.97 Å². The minimum absolute atomic E-state index is 0.377. The number of carboxylic acid groups (broad SMARTS) is 1. The van der Waals surface area contributed by atoms with Crippen molar-refractivity contribution in [3.8, 4) is 0 Å². The van der Waals surface area contributed by atoms with Crippen molar-refractivity contribution in [1.82, 2.24) is 0 Å². The largest absolute Gasteiger partial charge is 0.481 e. The Labute approximate surface area is 118 Å². The molecule has 1 N–H and O–H groups in total. The summed E-state index contributed by atoms with van der Waals surface area (Å²) < 4.78 is 0. The third kappa shape index (κ3) is 1.85. The molecular formula is C18H16O2. The first-order chi connectivity index (χ1) is 9.66. The lowest BCUT2D eigenvalue weighted by Gasteiger charge is -2.20. The number of rotatable bonds is 4. The Kier molecular flexibility index (Phi) is 2.94. The van der Waals surface area contributed by atoms with Crippen molar-refractivity contribution >= 4 is 11.5 Å². The highest BCUT2D eigenvalue weighted by atomic mass is 16.4. The fraction of sp³-hybridized carbons (Fsp3) is 0.167. The number of carboxylic acids is 1. The molecule has 0 aliphatic heterocycles. The first kappa shape index (κ1) is 12.7.